The van der Waals surface area contributed by atoms with Crippen LogP contribution in [0.3, 0.4) is 0 Å². The van der Waals surface area contributed by atoms with Gasteiger partial charge in [0.05, 0.1) is 11.6 Å². The molecular weight excluding hydrogens is 585 g/mol. The Labute approximate surface area is 263 Å². The summed E-state index contributed by atoms with van der Waals surface area (Å²) in [5.41, 5.74) is 3.09. The number of nitrogens with zero attached hydrogens (tertiary/aromatic N) is 3. The summed E-state index contributed by atoms with van der Waals surface area (Å²) in [6.45, 7) is 0.839. The number of thioether (sulfide) groups is 1. The van der Waals surface area contributed by atoms with Crippen LogP contribution < -0.4 is 15.5 Å². The van der Waals surface area contributed by atoms with E-state index in [0.717, 1.165) is 65.3 Å². The molecule has 2 atom stereocenters. The van der Waals surface area contributed by atoms with E-state index in [1.807, 2.05) is 85.4 Å². The largest absolute Gasteiger partial charge is 0.388 e. The van der Waals surface area contributed by atoms with Gasteiger partial charge < -0.3 is 20.6 Å². The first kappa shape index (κ1) is 30.9. The van der Waals surface area contributed by atoms with Crippen molar-refractivity contribution in [3.63, 3.8) is 0 Å². The predicted octanol–water partition coefficient (Wildman–Crippen LogP) is 7.74. The fourth-order valence-electron chi connectivity index (χ4n) is 5.46. The third-order valence-corrected chi connectivity index (χ3v) is 9.68. The first-order valence-electron chi connectivity index (χ1n) is 14.6. The SMILES string of the molecule is CN(C)c1nc(N[C@H]2CC[C@@H](NCC(CC(O)c3ccc(Cl)cc3)SCc3ccc(Cl)cc3)CC2)nc2ccccc12. The lowest BCUT2D eigenvalue weighted by Gasteiger charge is -2.31. The van der Waals surface area contributed by atoms with Gasteiger partial charge in [0.25, 0.3) is 0 Å². The van der Waals surface area contributed by atoms with Crippen LogP contribution in [0.4, 0.5) is 11.8 Å². The molecular formula is C33H39Cl2N5OS. The highest BCUT2D eigenvalue weighted by Gasteiger charge is 2.24. The van der Waals surface area contributed by atoms with E-state index in [1.165, 1.54) is 5.56 Å². The number of para-hydroxylation sites is 1. The molecule has 2 unspecified atom stereocenters. The number of aliphatic hydroxyl groups is 1. The third kappa shape index (κ3) is 8.51. The lowest BCUT2D eigenvalue weighted by molar-refractivity contribution is 0.165. The summed E-state index contributed by atoms with van der Waals surface area (Å²) >= 11 is 14.0. The Balaban J connectivity index is 1.16. The quantitative estimate of drug-likeness (QED) is 0.149. The monoisotopic (exact) mass is 623 g/mol. The zero-order valence-electron chi connectivity index (χ0n) is 24.1. The van der Waals surface area contributed by atoms with E-state index >= 15 is 0 Å². The highest BCUT2D eigenvalue weighted by molar-refractivity contribution is 7.99. The first-order chi connectivity index (χ1) is 20.3. The number of nitrogens with one attached hydrogen (secondary N) is 2. The Hall–Kier alpha value is -2.55. The summed E-state index contributed by atoms with van der Waals surface area (Å²) in [5.74, 6) is 2.50. The van der Waals surface area contributed by atoms with Crippen LogP contribution in [0.5, 0.6) is 0 Å². The summed E-state index contributed by atoms with van der Waals surface area (Å²) in [5, 5.41) is 21.2. The minimum atomic E-state index is -0.541. The molecule has 9 heteroatoms. The van der Waals surface area contributed by atoms with Crippen LogP contribution in [-0.4, -0.2) is 53.0 Å². The van der Waals surface area contributed by atoms with Crippen molar-refractivity contribution in [1.29, 1.82) is 0 Å². The molecule has 3 aromatic carbocycles. The molecule has 1 fully saturated rings. The van der Waals surface area contributed by atoms with Gasteiger partial charge in [0, 0.05) is 59.2 Å². The number of hydrogen-bond donors (Lipinski definition) is 3. The van der Waals surface area contributed by atoms with E-state index in [2.05, 4.69) is 28.8 Å². The van der Waals surface area contributed by atoms with Crippen LogP contribution in [0.25, 0.3) is 10.9 Å². The number of anilines is 2. The van der Waals surface area contributed by atoms with Crippen LogP contribution in [0.15, 0.2) is 72.8 Å². The zero-order chi connectivity index (χ0) is 29.5. The van der Waals surface area contributed by atoms with Gasteiger partial charge in [0.15, 0.2) is 0 Å². The molecule has 5 rings (SSSR count). The normalized spacial score (nSPS) is 18.5. The van der Waals surface area contributed by atoms with E-state index < -0.39 is 6.10 Å². The number of hydrogen-bond acceptors (Lipinski definition) is 7. The van der Waals surface area contributed by atoms with E-state index in [9.17, 15) is 5.11 Å². The molecule has 1 saturated carbocycles. The smallest absolute Gasteiger partial charge is 0.225 e. The summed E-state index contributed by atoms with van der Waals surface area (Å²) in [4.78, 5) is 11.7. The number of aliphatic hydroxyl groups excluding tert-OH is 1. The lowest BCUT2D eigenvalue weighted by atomic mass is 9.91. The average molecular weight is 625 g/mol. The molecule has 1 aliphatic carbocycles. The van der Waals surface area contributed by atoms with Gasteiger partial charge in [-0.2, -0.15) is 16.7 Å². The van der Waals surface area contributed by atoms with Gasteiger partial charge >= 0.3 is 0 Å². The summed E-state index contributed by atoms with van der Waals surface area (Å²) in [6.07, 6.45) is 4.40. The van der Waals surface area contributed by atoms with Gasteiger partial charge in [-0.15, -0.1) is 0 Å². The van der Waals surface area contributed by atoms with Crippen LogP contribution in [-0.2, 0) is 5.75 Å². The molecule has 4 aromatic rings. The topological polar surface area (TPSA) is 73.3 Å². The maximum Gasteiger partial charge on any atom is 0.225 e. The summed E-state index contributed by atoms with van der Waals surface area (Å²) in [7, 11) is 4.04. The minimum absolute atomic E-state index is 0.248. The Morgan fingerprint density at radius 2 is 1.52 bits per heavy atom. The standard InChI is InChI=1S/C33H39Cl2N5OS/c1-40(2)32-29-5-3-4-6-30(29)38-33(39-32)37-27-17-15-26(16-18-27)36-20-28(42-21-22-7-11-24(34)12-8-22)19-31(41)23-9-13-25(35)14-10-23/h3-14,26-28,31,36,41H,15-21H2,1-2H3,(H,37,38,39)/t26-,27+,28?,31?. The highest BCUT2D eigenvalue weighted by Crippen LogP contribution is 2.30. The molecule has 6 nitrogen and oxygen atoms in total. The van der Waals surface area contributed by atoms with Crippen molar-refractivity contribution in [3.8, 4) is 0 Å². The second-order valence-corrected chi connectivity index (χ2v) is 13.4. The molecule has 42 heavy (non-hydrogen) atoms. The highest BCUT2D eigenvalue weighted by atomic mass is 35.5. The fraction of sp³-hybridized carbons (Fsp3) is 0.394. The molecule has 1 aromatic heterocycles. The number of fused-ring (bicyclic) bond motifs is 1. The minimum Gasteiger partial charge on any atom is -0.388 e. The molecule has 1 aliphatic rings. The molecule has 222 valence electrons. The van der Waals surface area contributed by atoms with Crippen LogP contribution in [0.1, 0.15) is 49.3 Å². The van der Waals surface area contributed by atoms with Crippen LogP contribution in [0.2, 0.25) is 10.0 Å². The Bertz CT molecular complexity index is 1430. The Kier molecular flexibility index (Phi) is 10.9. The molecule has 3 N–H and O–H groups in total. The van der Waals surface area contributed by atoms with Crippen molar-refractivity contribution < 1.29 is 5.11 Å². The predicted molar refractivity (Wildman–Crippen MR) is 179 cm³/mol. The maximum absolute atomic E-state index is 11.0. The van der Waals surface area contributed by atoms with E-state index in [-0.39, 0.29) is 5.25 Å². The maximum atomic E-state index is 11.0. The van der Waals surface area contributed by atoms with Crippen LogP contribution in [0, 0.1) is 0 Å². The lowest BCUT2D eigenvalue weighted by Crippen LogP contribution is -2.40. The molecule has 0 spiro atoms. The molecule has 0 aliphatic heterocycles. The number of halogens is 2. The zero-order valence-corrected chi connectivity index (χ0v) is 26.5. The van der Waals surface area contributed by atoms with Gasteiger partial charge in [-0.05, 0) is 79.6 Å². The van der Waals surface area contributed by atoms with Crippen molar-refractivity contribution >= 4 is 57.6 Å². The Morgan fingerprint density at radius 3 is 2.21 bits per heavy atom. The third-order valence-electron chi connectivity index (χ3n) is 7.84. The molecule has 0 radical (unpaired) electrons. The van der Waals surface area contributed by atoms with Crippen molar-refractivity contribution in [2.24, 2.45) is 0 Å². The van der Waals surface area contributed by atoms with Crippen molar-refractivity contribution in [2.75, 3.05) is 30.9 Å². The van der Waals surface area contributed by atoms with Crippen molar-refractivity contribution in [2.45, 2.75) is 61.3 Å². The van der Waals surface area contributed by atoms with Gasteiger partial charge in [0.2, 0.25) is 5.95 Å². The molecule has 0 bridgehead atoms. The number of aromatic nitrogens is 2. The van der Waals surface area contributed by atoms with Gasteiger partial charge in [-0.3, -0.25) is 0 Å². The molecule has 0 saturated heterocycles. The number of rotatable bonds is 12. The second kappa shape index (κ2) is 14.8. The van der Waals surface area contributed by atoms with Gasteiger partial charge in [0.1, 0.15) is 5.82 Å². The average Bonchev–Trinajstić information content (AvgIpc) is 3.00. The second-order valence-electron chi connectivity index (χ2n) is 11.2. The van der Waals surface area contributed by atoms with Gasteiger partial charge in [-0.25, -0.2) is 4.98 Å². The summed E-state index contributed by atoms with van der Waals surface area (Å²) < 4.78 is 0. The molecule has 1 heterocycles. The van der Waals surface area contributed by atoms with Crippen molar-refractivity contribution in [1.82, 2.24) is 15.3 Å². The molecule has 0 amide bonds. The summed E-state index contributed by atoms with van der Waals surface area (Å²) in [6, 6.07) is 24.5. The van der Waals surface area contributed by atoms with Crippen LogP contribution >= 0.6 is 35.0 Å². The van der Waals surface area contributed by atoms with E-state index in [0.29, 0.717) is 29.5 Å². The van der Waals surface area contributed by atoms with Crippen molar-refractivity contribution in [3.05, 3.63) is 94.0 Å². The fourth-order valence-corrected chi connectivity index (χ4v) is 6.87. The van der Waals surface area contributed by atoms with E-state index in [1.54, 1.807) is 0 Å². The van der Waals surface area contributed by atoms with E-state index in [4.69, 9.17) is 33.2 Å². The Morgan fingerprint density at radius 1 is 0.881 bits per heavy atom. The number of benzene rings is 3. The van der Waals surface area contributed by atoms with Gasteiger partial charge in [-0.1, -0.05) is 59.6 Å². The first-order valence-corrected chi connectivity index (χ1v) is 16.4.